The first-order valence-electron chi connectivity index (χ1n) is 7.57. The fourth-order valence-electron chi connectivity index (χ4n) is 2.69. The lowest BCUT2D eigenvalue weighted by Crippen LogP contribution is -2.05. The second-order valence-corrected chi connectivity index (χ2v) is 8.76. The van der Waals surface area contributed by atoms with E-state index in [1.165, 1.54) is 23.1 Å². The van der Waals surface area contributed by atoms with Crippen LogP contribution in [0.25, 0.3) is 5.69 Å². The normalized spacial score (nSPS) is 11.0. The van der Waals surface area contributed by atoms with E-state index in [2.05, 4.69) is 43.7 Å². The summed E-state index contributed by atoms with van der Waals surface area (Å²) in [6.45, 7) is 6.04. The number of ketones is 1. The molecule has 2 N–H and O–H groups in total. The smallest absolute Gasteiger partial charge is 0.203 e. The topological polar surface area (TPSA) is 73.8 Å². The number of nitrogens with two attached hydrogens (primary N) is 1. The SMILES string of the molecule is Cc1cc(-n2c(C)cc(C(=O)CSc3nnc(N)s3)c2C)ccc1Br. The van der Waals surface area contributed by atoms with Crippen molar-refractivity contribution in [3.63, 3.8) is 0 Å². The second-order valence-electron chi connectivity index (χ2n) is 5.67. The predicted molar refractivity (Wildman–Crippen MR) is 107 cm³/mol. The molecule has 0 radical (unpaired) electrons. The van der Waals surface area contributed by atoms with E-state index in [1.54, 1.807) is 0 Å². The van der Waals surface area contributed by atoms with Gasteiger partial charge in [0.15, 0.2) is 10.1 Å². The van der Waals surface area contributed by atoms with Crippen molar-refractivity contribution in [3.8, 4) is 5.69 Å². The van der Waals surface area contributed by atoms with Gasteiger partial charge < -0.3 is 10.3 Å². The highest BCUT2D eigenvalue weighted by Crippen LogP contribution is 2.28. The lowest BCUT2D eigenvalue weighted by molar-refractivity contribution is 0.102. The fourth-order valence-corrected chi connectivity index (χ4v) is 4.46. The van der Waals surface area contributed by atoms with Crippen molar-refractivity contribution in [2.24, 2.45) is 0 Å². The van der Waals surface area contributed by atoms with Gasteiger partial charge in [0.25, 0.3) is 0 Å². The molecule has 1 aromatic carbocycles. The quantitative estimate of drug-likeness (QED) is 0.468. The van der Waals surface area contributed by atoms with E-state index >= 15 is 0 Å². The molecule has 0 unspecified atom stereocenters. The molecule has 130 valence electrons. The van der Waals surface area contributed by atoms with Gasteiger partial charge in [-0.05, 0) is 50.6 Å². The van der Waals surface area contributed by atoms with E-state index in [1.807, 2.05) is 32.0 Å². The van der Waals surface area contributed by atoms with E-state index in [9.17, 15) is 4.79 Å². The van der Waals surface area contributed by atoms with Gasteiger partial charge in [0.2, 0.25) is 5.13 Å². The summed E-state index contributed by atoms with van der Waals surface area (Å²) in [5.41, 5.74) is 10.5. The van der Waals surface area contributed by atoms with E-state index < -0.39 is 0 Å². The zero-order chi connectivity index (χ0) is 18.1. The third kappa shape index (κ3) is 3.80. The molecule has 3 rings (SSSR count). The largest absolute Gasteiger partial charge is 0.374 e. The van der Waals surface area contributed by atoms with Gasteiger partial charge in [-0.2, -0.15) is 0 Å². The van der Waals surface area contributed by atoms with Gasteiger partial charge in [0.1, 0.15) is 0 Å². The molecule has 0 atom stereocenters. The summed E-state index contributed by atoms with van der Waals surface area (Å²) in [6.07, 6.45) is 0. The lowest BCUT2D eigenvalue weighted by atomic mass is 10.2. The van der Waals surface area contributed by atoms with Gasteiger partial charge in [-0.1, -0.05) is 39.0 Å². The highest BCUT2D eigenvalue weighted by Gasteiger charge is 2.18. The van der Waals surface area contributed by atoms with Crippen LogP contribution >= 0.6 is 39.0 Å². The van der Waals surface area contributed by atoms with Crippen LogP contribution in [0.3, 0.4) is 0 Å². The van der Waals surface area contributed by atoms with E-state index in [-0.39, 0.29) is 5.78 Å². The van der Waals surface area contributed by atoms with Crippen LogP contribution in [0.1, 0.15) is 27.3 Å². The molecule has 0 aliphatic heterocycles. The summed E-state index contributed by atoms with van der Waals surface area (Å²) in [5.74, 6) is 0.394. The van der Waals surface area contributed by atoms with Crippen molar-refractivity contribution in [2.45, 2.75) is 25.1 Å². The minimum Gasteiger partial charge on any atom is -0.374 e. The molecule has 0 bridgehead atoms. The molecular weight excluding hydrogens is 420 g/mol. The molecular formula is C17H17BrN4OS2. The van der Waals surface area contributed by atoms with Crippen LogP contribution in [-0.2, 0) is 0 Å². The summed E-state index contributed by atoms with van der Waals surface area (Å²) in [5, 5.41) is 8.12. The first-order valence-corrected chi connectivity index (χ1v) is 10.2. The number of hydrogen-bond acceptors (Lipinski definition) is 6. The number of benzene rings is 1. The number of carbonyl (C=O) groups excluding carboxylic acids is 1. The Kier molecular flexibility index (Phi) is 5.31. The van der Waals surface area contributed by atoms with Crippen LogP contribution in [0.4, 0.5) is 5.13 Å². The number of anilines is 1. The first-order chi connectivity index (χ1) is 11.9. The van der Waals surface area contributed by atoms with Crippen LogP contribution in [0.15, 0.2) is 33.1 Å². The number of aromatic nitrogens is 3. The number of carbonyl (C=O) groups is 1. The number of nitrogens with zero attached hydrogens (tertiary/aromatic N) is 3. The molecule has 5 nitrogen and oxygen atoms in total. The number of aryl methyl sites for hydroxylation is 2. The molecule has 25 heavy (non-hydrogen) atoms. The number of halogens is 1. The molecule has 2 aromatic heterocycles. The number of rotatable bonds is 5. The van der Waals surface area contributed by atoms with Crippen LogP contribution < -0.4 is 5.73 Å². The Hall–Kier alpha value is -1.64. The van der Waals surface area contributed by atoms with Gasteiger partial charge in [0.05, 0.1) is 5.75 Å². The molecule has 0 aliphatic rings. The van der Waals surface area contributed by atoms with Gasteiger partial charge in [0, 0.05) is 27.1 Å². The fraction of sp³-hybridized carbons (Fsp3) is 0.235. The maximum Gasteiger partial charge on any atom is 0.203 e. The van der Waals surface area contributed by atoms with Gasteiger partial charge in [-0.15, -0.1) is 10.2 Å². The van der Waals surface area contributed by atoms with Crippen LogP contribution in [0.2, 0.25) is 0 Å². The third-order valence-electron chi connectivity index (χ3n) is 3.88. The standard InChI is InChI=1S/C17H17BrN4OS2/c1-9-6-12(4-5-14(9)18)22-10(2)7-13(11(22)3)15(23)8-24-17-21-20-16(19)25-17/h4-7H,8H2,1-3H3,(H2,19,20). The van der Waals surface area contributed by atoms with Crippen LogP contribution in [-0.4, -0.2) is 26.3 Å². The summed E-state index contributed by atoms with van der Waals surface area (Å²) >= 11 is 6.19. The Morgan fingerprint density at radius 1 is 1.28 bits per heavy atom. The van der Waals surface area contributed by atoms with Crippen LogP contribution in [0.5, 0.6) is 0 Å². The maximum atomic E-state index is 12.6. The predicted octanol–water partition coefficient (Wildman–Crippen LogP) is 4.57. The van der Waals surface area contributed by atoms with Crippen molar-refractivity contribution in [3.05, 3.63) is 51.3 Å². The minimum absolute atomic E-state index is 0.0759. The Labute approximate surface area is 162 Å². The van der Waals surface area contributed by atoms with Gasteiger partial charge >= 0.3 is 0 Å². The Balaban J connectivity index is 1.85. The maximum absolute atomic E-state index is 12.6. The molecule has 0 spiro atoms. The summed E-state index contributed by atoms with van der Waals surface area (Å²) in [7, 11) is 0. The molecule has 0 amide bonds. The average Bonchev–Trinajstić information content (AvgIpc) is 3.11. The zero-order valence-electron chi connectivity index (χ0n) is 14.0. The van der Waals surface area contributed by atoms with E-state index in [4.69, 9.17) is 5.73 Å². The minimum atomic E-state index is 0.0759. The van der Waals surface area contributed by atoms with Crippen molar-refractivity contribution in [1.29, 1.82) is 0 Å². The lowest BCUT2D eigenvalue weighted by Gasteiger charge is -2.11. The summed E-state index contributed by atoms with van der Waals surface area (Å²) < 4.78 is 3.89. The molecule has 2 heterocycles. The molecule has 0 aliphatic carbocycles. The molecule has 0 fully saturated rings. The summed E-state index contributed by atoms with van der Waals surface area (Å²) in [6, 6.07) is 8.13. The number of nitrogen functional groups attached to an aromatic ring is 1. The van der Waals surface area contributed by atoms with Crippen molar-refractivity contribution >= 4 is 49.9 Å². The summed E-state index contributed by atoms with van der Waals surface area (Å²) in [4.78, 5) is 12.6. The monoisotopic (exact) mass is 436 g/mol. The molecule has 8 heteroatoms. The zero-order valence-corrected chi connectivity index (χ0v) is 17.3. The van der Waals surface area contributed by atoms with E-state index in [0.29, 0.717) is 15.2 Å². The molecule has 0 saturated carbocycles. The highest BCUT2D eigenvalue weighted by molar-refractivity contribution is 9.10. The third-order valence-corrected chi connectivity index (χ3v) is 6.66. The van der Waals surface area contributed by atoms with Crippen molar-refractivity contribution in [2.75, 3.05) is 11.5 Å². The number of thioether (sulfide) groups is 1. The second kappa shape index (κ2) is 7.31. The highest BCUT2D eigenvalue weighted by atomic mass is 79.9. The molecule has 0 saturated heterocycles. The Morgan fingerprint density at radius 2 is 2.04 bits per heavy atom. The first kappa shape index (κ1) is 18.2. The van der Waals surface area contributed by atoms with Gasteiger partial charge in [-0.3, -0.25) is 4.79 Å². The van der Waals surface area contributed by atoms with Crippen LogP contribution in [0, 0.1) is 20.8 Å². The molecule has 3 aromatic rings. The Bertz CT molecular complexity index is 948. The number of hydrogen-bond donors (Lipinski definition) is 1. The van der Waals surface area contributed by atoms with Crippen molar-refractivity contribution < 1.29 is 4.79 Å². The number of Topliss-reactive ketones (excluding diaryl/α,β-unsaturated/α-hetero) is 1. The Morgan fingerprint density at radius 3 is 2.68 bits per heavy atom. The van der Waals surface area contributed by atoms with E-state index in [0.717, 1.165) is 32.7 Å². The van der Waals surface area contributed by atoms with Crippen molar-refractivity contribution in [1.82, 2.24) is 14.8 Å². The van der Waals surface area contributed by atoms with Gasteiger partial charge in [-0.25, -0.2) is 0 Å². The average molecular weight is 437 g/mol.